The molecule has 1 heterocycles. The van der Waals surface area contributed by atoms with Gasteiger partial charge in [-0.3, -0.25) is 4.79 Å². The first kappa shape index (κ1) is 13.7. The van der Waals surface area contributed by atoms with Crippen molar-refractivity contribution >= 4 is 35.0 Å². The standard InChI is InChI=1S/C13H17ClN2OS/c1-9-2-3-12(11(14)6-9)16-13(17)7-10-8-18-5-4-15-10/h2-3,6,10,15H,4-5,7-8H2,1H3,(H,16,17). The van der Waals surface area contributed by atoms with Crippen molar-refractivity contribution in [2.45, 2.75) is 19.4 Å². The Morgan fingerprint density at radius 2 is 2.44 bits per heavy atom. The van der Waals surface area contributed by atoms with Crippen LogP contribution in [0.2, 0.25) is 5.02 Å². The fraction of sp³-hybridized carbons (Fsp3) is 0.462. The van der Waals surface area contributed by atoms with Crippen LogP contribution in [-0.2, 0) is 4.79 Å². The number of hydrogen-bond donors (Lipinski definition) is 2. The summed E-state index contributed by atoms with van der Waals surface area (Å²) in [5.74, 6) is 2.14. The van der Waals surface area contributed by atoms with Gasteiger partial charge in [0.25, 0.3) is 0 Å². The number of anilines is 1. The number of aryl methyl sites for hydroxylation is 1. The van der Waals surface area contributed by atoms with Gasteiger partial charge in [0.2, 0.25) is 5.91 Å². The number of nitrogens with one attached hydrogen (secondary N) is 2. The normalized spacial score (nSPS) is 19.6. The molecule has 0 radical (unpaired) electrons. The van der Waals surface area contributed by atoms with Gasteiger partial charge in [-0.1, -0.05) is 17.7 Å². The van der Waals surface area contributed by atoms with Gasteiger partial charge in [0.15, 0.2) is 0 Å². The smallest absolute Gasteiger partial charge is 0.226 e. The van der Waals surface area contributed by atoms with E-state index in [9.17, 15) is 4.79 Å². The van der Waals surface area contributed by atoms with E-state index < -0.39 is 0 Å². The third-order valence-corrected chi connectivity index (χ3v) is 4.27. The lowest BCUT2D eigenvalue weighted by molar-refractivity contribution is -0.116. The van der Waals surface area contributed by atoms with Crippen molar-refractivity contribution in [1.82, 2.24) is 5.32 Å². The summed E-state index contributed by atoms with van der Waals surface area (Å²) >= 11 is 7.97. The number of carbonyl (C=O) groups excluding carboxylic acids is 1. The average molecular weight is 285 g/mol. The average Bonchev–Trinajstić information content (AvgIpc) is 2.34. The number of amides is 1. The van der Waals surface area contributed by atoms with Gasteiger partial charge in [0.05, 0.1) is 10.7 Å². The maximum Gasteiger partial charge on any atom is 0.226 e. The largest absolute Gasteiger partial charge is 0.325 e. The summed E-state index contributed by atoms with van der Waals surface area (Å²) < 4.78 is 0. The quantitative estimate of drug-likeness (QED) is 0.897. The van der Waals surface area contributed by atoms with Crippen LogP contribution in [0.1, 0.15) is 12.0 Å². The molecule has 0 spiro atoms. The van der Waals surface area contributed by atoms with Gasteiger partial charge < -0.3 is 10.6 Å². The predicted octanol–water partition coefficient (Wildman–Crippen LogP) is 2.68. The van der Waals surface area contributed by atoms with Crippen molar-refractivity contribution in [3.63, 3.8) is 0 Å². The Kier molecular flexibility index (Phi) is 4.92. The highest BCUT2D eigenvalue weighted by Gasteiger charge is 2.17. The molecule has 1 amide bonds. The van der Waals surface area contributed by atoms with E-state index in [0.29, 0.717) is 17.1 Å². The van der Waals surface area contributed by atoms with E-state index in [2.05, 4.69) is 10.6 Å². The minimum absolute atomic E-state index is 0.0146. The van der Waals surface area contributed by atoms with Gasteiger partial charge in [0, 0.05) is 30.5 Å². The molecule has 1 aliphatic rings. The molecule has 3 nitrogen and oxygen atoms in total. The van der Waals surface area contributed by atoms with Gasteiger partial charge >= 0.3 is 0 Å². The number of halogens is 1. The fourth-order valence-corrected chi connectivity index (χ4v) is 3.13. The summed E-state index contributed by atoms with van der Waals surface area (Å²) in [6.45, 7) is 2.95. The van der Waals surface area contributed by atoms with E-state index in [-0.39, 0.29) is 11.9 Å². The molecule has 1 aliphatic heterocycles. The Labute approximate surface area is 117 Å². The van der Waals surface area contributed by atoms with Crippen LogP contribution in [0.5, 0.6) is 0 Å². The Balaban J connectivity index is 1.90. The Bertz CT molecular complexity index is 433. The second-order valence-electron chi connectivity index (χ2n) is 4.46. The fourth-order valence-electron chi connectivity index (χ4n) is 1.90. The summed E-state index contributed by atoms with van der Waals surface area (Å²) in [6.07, 6.45) is 0.497. The van der Waals surface area contributed by atoms with E-state index in [0.717, 1.165) is 23.6 Å². The van der Waals surface area contributed by atoms with E-state index in [1.165, 1.54) is 0 Å². The van der Waals surface area contributed by atoms with Crippen LogP contribution in [0, 0.1) is 6.92 Å². The van der Waals surface area contributed by atoms with Crippen LogP contribution in [0.3, 0.4) is 0 Å². The first-order valence-electron chi connectivity index (χ1n) is 6.02. The lowest BCUT2D eigenvalue weighted by Crippen LogP contribution is -2.39. The molecule has 1 atom stereocenters. The first-order chi connectivity index (χ1) is 8.65. The molecule has 0 saturated carbocycles. The van der Waals surface area contributed by atoms with Gasteiger partial charge in [-0.15, -0.1) is 0 Å². The van der Waals surface area contributed by atoms with E-state index in [1.807, 2.05) is 36.9 Å². The molecule has 0 aromatic heterocycles. The van der Waals surface area contributed by atoms with Crippen LogP contribution in [0.25, 0.3) is 0 Å². The van der Waals surface area contributed by atoms with Crippen molar-refractivity contribution in [2.24, 2.45) is 0 Å². The molecule has 2 rings (SSSR count). The highest BCUT2D eigenvalue weighted by molar-refractivity contribution is 7.99. The first-order valence-corrected chi connectivity index (χ1v) is 7.55. The van der Waals surface area contributed by atoms with E-state index in [4.69, 9.17) is 11.6 Å². The Morgan fingerprint density at radius 3 is 3.11 bits per heavy atom. The van der Waals surface area contributed by atoms with Crippen molar-refractivity contribution in [1.29, 1.82) is 0 Å². The topological polar surface area (TPSA) is 41.1 Å². The number of carbonyl (C=O) groups is 1. The molecule has 0 aliphatic carbocycles. The minimum atomic E-state index is 0.0146. The van der Waals surface area contributed by atoms with Crippen molar-refractivity contribution < 1.29 is 4.79 Å². The molecule has 2 N–H and O–H groups in total. The van der Waals surface area contributed by atoms with Crippen LogP contribution in [-0.4, -0.2) is 30.0 Å². The second kappa shape index (κ2) is 6.45. The number of rotatable bonds is 3. The summed E-state index contributed by atoms with van der Waals surface area (Å²) in [7, 11) is 0. The zero-order valence-electron chi connectivity index (χ0n) is 10.3. The van der Waals surface area contributed by atoms with Crippen LogP contribution >= 0.6 is 23.4 Å². The molecule has 98 valence electrons. The maximum absolute atomic E-state index is 11.9. The Morgan fingerprint density at radius 1 is 1.61 bits per heavy atom. The van der Waals surface area contributed by atoms with Crippen molar-refractivity contribution in [2.75, 3.05) is 23.4 Å². The zero-order chi connectivity index (χ0) is 13.0. The van der Waals surface area contributed by atoms with Gasteiger partial charge in [-0.2, -0.15) is 11.8 Å². The SMILES string of the molecule is Cc1ccc(NC(=O)CC2CSCCN2)c(Cl)c1. The van der Waals surface area contributed by atoms with Gasteiger partial charge in [-0.25, -0.2) is 0 Å². The van der Waals surface area contributed by atoms with Gasteiger partial charge in [0.1, 0.15) is 0 Å². The number of hydrogen-bond acceptors (Lipinski definition) is 3. The number of benzene rings is 1. The molecule has 5 heteroatoms. The van der Waals surface area contributed by atoms with E-state index in [1.54, 1.807) is 0 Å². The highest BCUT2D eigenvalue weighted by Crippen LogP contribution is 2.23. The lowest BCUT2D eigenvalue weighted by Gasteiger charge is -2.22. The van der Waals surface area contributed by atoms with Crippen molar-refractivity contribution in [3.8, 4) is 0 Å². The maximum atomic E-state index is 11.9. The third kappa shape index (κ3) is 3.90. The molecule has 1 aromatic carbocycles. The monoisotopic (exact) mass is 284 g/mol. The molecule has 1 unspecified atom stereocenters. The number of thioether (sulfide) groups is 1. The minimum Gasteiger partial charge on any atom is -0.325 e. The summed E-state index contributed by atoms with van der Waals surface area (Å²) in [5.41, 5.74) is 1.78. The van der Waals surface area contributed by atoms with Crippen molar-refractivity contribution in [3.05, 3.63) is 28.8 Å². The van der Waals surface area contributed by atoms with Crippen LogP contribution in [0.15, 0.2) is 18.2 Å². The van der Waals surface area contributed by atoms with Gasteiger partial charge in [-0.05, 0) is 24.6 Å². The predicted molar refractivity (Wildman–Crippen MR) is 78.6 cm³/mol. The molecule has 0 bridgehead atoms. The van der Waals surface area contributed by atoms with E-state index >= 15 is 0 Å². The van der Waals surface area contributed by atoms with Crippen LogP contribution < -0.4 is 10.6 Å². The third-order valence-electron chi connectivity index (χ3n) is 2.83. The molecule has 1 fully saturated rings. The molecule has 1 saturated heterocycles. The molecular formula is C13H17ClN2OS. The second-order valence-corrected chi connectivity index (χ2v) is 6.02. The highest BCUT2D eigenvalue weighted by atomic mass is 35.5. The van der Waals surface area contributed by atoms with Crippen LogP contribution in [0.4, 0.5) is 5.69 Å². The molecular weight excluding hydrogens is 268 g/mol. The summed E-state index contributed by atoms with van der Waals surface area (Å²) in [5, 5.41) is 6.80. The molecule has 1 aromatic rings. The molecule has 18 heavy (non-hydrogen) atoms. The summed E-state index contributed by atoms with van der Waals surface area (Å²) in [4.78, 5) is 11.9. The summed E-state index contributed by atoms with van der Waals surface area (Å²) in [6, 6.07) is 5.91. The lowest BCUT2D eigenvalue weighted by atomic mass is 10.2. The Hall–Kier alpha value is -0.710. The zero-order valence-corrected chi connectivity index (χ0v) is 11.9.